The van der Waals surface area contributed by atoms with E-state index in [-0.39, 0.29) is 10.8 Å². The van der Waals surface area contributed by atoms with Gasteiger partial charge in [0.05, 0.1) is 5.02 Å². The minimum Gasteiger partial charge on any atom is -0.506 e. The lowest BCUT2D eigenvalue weighted by Crippen LogP contribution is -2.10. The van der Waals surface area contributed by atoms with Gasteiger partial charge in [0.25, 0.3) is 0 Å². The highest BCUT2D eigenvalue weighted by atomic mass is 35.5. The van der Waals surface area contributed by atoms with Gasteiger partial charge < -0.3 is 15.6 Å². The fourth-order valence-corrected chi connectivity index (χ4v) is 0.925. The summed E-state index contributed by atoms with van der Waals surface area (Å²) in [5.41, 5.74) is 5.24. The molecule has 3 N–H and O–H groups in total. The Morgan fingerprint density at radius 3 is 2.83 bits per heavy atom. The first kappa shape index (κ1) is 9.16. The van der Waals surface area contributed by atoms with E-state index in [4.69, 9.17) is 27.2 Å². The Morgan fingerprint density at radius 1 is 1.50 bits per heavy atom. The molecule has 3 nitrogen and oxygen atoms in total. The summed E-state index contributed by atoms with van der Waals surface area (Å²) in [7, 11) is 0. The van der Waals surface area contributed by atoms with E-state index in [1.807, 2.05) is 0 Å². The van der Waals surface area contributed by atoms with Gasteiger partial charge in [0.15, 0.2) is 0 Å². The smallest absolute Gasteiger partial charge is 0.134 e. The second-order valence-electron chi connectivity index (χ2n) is 2.25. The Balaban J connectivity index is 2.69. The zero-order valence-electron chi connectivity index (χ0n) is 6.46. The van der Waals surface area contributed by atoms with Gasteiger partial charge in [-0.05, 0) is 12.1 Å². The van der Waals surface area contributed by atoms with E-state index in [1.54, 1.807) is 12.1 Å². The monoisotopic (exact) mass is 187 g/mol. The number of phenolic OH excluding ortho intramolecular Hbond substituents is 1. The van der Waals surface area contributed by atoms with Gasteiger partial charge in [-0.2, -0.15) is 0 Å². The molecule has 1 aromatic rings. The lowest BCUT2D eigenvalue weighted by atomic mass is 10.3. The molecular weight excluding hydrogens is 178 g/mol. The molecule has 12 heavy (non-hydrogen) atoms. The van der Waals surface area contributed by atoms with Crippen LogP contribution in [0.4, 0.5) is 0 Å². The number of rotatable bonds is 3. The Bertz CT molecular complexity index is 265. The van der Waals surface area contributed by atoms with Gasteiger partial charge in [0.2, 0.25) is 0 Å². The Hall–Kier alpha value is -0.930. The third-order valence-electron chi connectivity index (χ3n) is 1.31. The molecule has 0 radical (unpaired) electrons. The summed E-state index contributed by atoms with van der Waals surface area (Å²) in [6.07, 6.45) is 0. The fraction of sp³-hybridized carbons (Fsp3) is 0.250. The zero-order valence-corrected chi connectivity index (χ0v) is 7.21. The summed E-state index contributed by atoms with van der Waals surface area (Å²) >= 11 is 5.63. The number of aromatic hydroxyl groups is 1. The quantitative estimate of drug-likeness (QED) is 0.752. The van der Waals surface area contributed by atoms with Crippen LogP contribution in [0.3, 0.4) is 0 Å². The Kier molecular flexibility index (Phi) is 3.19. The number of phenols is 1. The molecule has 0 bridgehead atoms. The maximum atomic E-state index is 9.06. The predicted molar refractivity (Wildman–Crippen MR) is 47.7 cm³/mol. The van der Waals surface area contributed by atoms with Crippen LogP contribution in [0.2, 0.25) is 5.02 Å². The van der Waals surface area contributed by atoms with Gasteiger partial charge in [-0.3, -0.25) is 0 Å². The molecule has 1 rings (SSSR count). The predicted octanol–water partition coefficient (Wildman–Crippen LogP) is 1.38. The van der Waals surface area contributed by atoms with Crippen molar-refractivity contribution in [2.45, 2.75) is 0 Å². The maximum Gasteiger partial charge on any atom is 0.134 e. The topological polar surface area (TPSA) is 55.5 Å². The van der Waals surface area contributed by atoms with Gasteiger partial charge >= 0.3 is 0 Å². The third-order valence-corrected chi connectivity index (χ3v) is 1.61. The van der Waals surface area contributed by atoms with Crippen LogP contribution >= 0.6 is 11.6 Å². The molecule has 0 unspecified atom stereocenters. The standard InChI is InChI=1S/C8H10ClNO2/c9-7-5-6(12-4-3-10)1-2-8(7)11/h1-2,5,11H,3-4,10H2. The summed E-state index contributed by atoms with van der Waals surface area (Å²) in [5.74, 6) is 0.667. The minimum absolute atomic E-state index is 0.0526. The number of benzene rings is 1. The van der Waals surface area contributed by atoms with Crippen LogP contribution in [-0.4, -0.2) is 18.3 Å². The van der Waals surface area contributed by atoms with Gasteiger partial charge in [-0.15, -0.1) is 0 Å². The highest BCUT2D eigenvalue weighted by Gasteiger charge is 1.99. The molecule has 0 fully saturated rings. The van der Waals surface area contributed by atoms with Crippen LogP contribution in [0, 0.1) is 0 Å². The van der Waals surface area contributed by atoms with Crippen molar-refractivity contribution in [3.63, 3.8) is 0 Å². The Labute approximate surface area is 75.7 Å². The summed E-state index contributed by atoms with van der Waals surface area (Å²) in [6.45, 7) is 0.902. The highest BCUT2D eigenvalue weighted by molar-refractivity contribution is 6.32. The van der Waals surface area contributed by atoms with Crippen molar-refractivity contribution in [1.82, 2.24) is 0 Å². The van der Waals surface area contributed by atoms with Crippen molar-refractivity contribution in [1.29, 1.82) is 0 Å². The molecule has 0 aromatic heterocycles. The summed E-state index contributed by atoms with van der Waals surface area (Å²) < 4.78 is 5.17. The largest absolute Gasteiger partial charge is 0.506 e. The molecule has 0 atom stereocenters. The van der Waals surface area contributed by atoms with E-state index in [1.165, 1.54) is 6.07 Å². The van der Waals surface area contributed by atoms with Crippen LogP contribution in [0.1, 0.15) is 0 Å². The lowest BCUT2D eigenvalue weighted by Gasteiger charge is -2.04. The van der Waals surface area contributed by atoms with Crippen LogP contribution < -0.4 is 10.5 Å². The van der Waals surface area contributed by atoms with Gasteiger partial charge in [-0.1, -0.05) is 11.6 Å². The maximum absolute atomic E-state index is 9.06. The molecule has 0 aliphatic heterocycles. The molecule has 0 saturated heterocycles. The van der Waals surface area contributed by atoms with Crippen LogP contribution in [0.15, 0.2) is 18.2 Å². The number of hydrogen-bond donors (Lipinski definition) is 2. The van der Waals surface area contributed by atoms with Crippen molar-refractivity contribution in [3.05, 3.63) is 23.2 Å². The average Bonchev–Trinajstić information content (AvgIpc) is 2.07. The summed E-state index contributed by atoms with van der Waals surface area (Å²) in [6, 6.07) is 4.66. The van der Waals surface area contributed by atoms with Crippen molar-refractivity contribution in [2.75, 3.05) is 13.2 Å². The molecule has 1 aromatic carbocycles. The van der Waals surface area contributed by atoms with Gasteiger partial charge in [0.1, 0.15) is 18.1 Å². The van der Waals surface area contributed by atoms with E-state index in [0.717, 1.165) is 0 Å². The van der Waals surface area contributed by atoms with Gasteiger partial charge in [-0.25, -0.2) is 0 Å². The molecule has 0 aliphatic carbocycles. The third kappa shape index (κ3) is 2.29. The molecule has 0 amide bonds. The van der Waals surface area contributed by atoms with E-state index in [9.17, 15) is 0 Å². The Morgan fingerprint density at radius 2 is 2.25 bits per heavy atom. The SMILES string of the molecule is NCCOc1ccc(O)c(Cl)c1. The minimum atomic E-state index is 0.0526. The molecular formula is C8H10ClNO2. The van der Waals surface area contributed by atoms with E-state index in [2.05, 4.69) is 0 Å². The van der Waals surface area contributed by atoms with Gasteiger partial charge in [0, 0.05) is 12.6 Å². The zero-order chi connectivity index (χ0) is 8.97. The summed E-state index contributed by atoms with van der Waals surface area (Å²) in [5, 5.41) is 9.34. The van der Waals surface area contributed by atoms with E-state index in [0.29, 0.717) is 18.9 Å². The lowest BCUT2D eigenvalue weighted by molar-refractivity contribution is 0.327. The number of ether oxygens (including phenoxy) is 1. The second-order valence-corrected chi connectivity index (χ2v) is 2.66. The number of halogens is 1. The summed E-state index contributed by atoms with van der Waals surface area (Å²) in [4.78, 5) is 0. The van der Waals surface area contributed by atoms with E-state index >= 15 is 0 Å². The van der Waals surface area contributed by atoms with Crippen molar-refractivity contribution in [3.8, 4) is 11.5 Å². The fourth-order valence-electron chi connectivity index (χ4n) is 0.754. The second kappa shape index (κ2) is 4.18. The first-order valence-electron chi connectivity index (χ1n) is 3.55. The molecule has 4 heteroatoms. The molecule has 0 saturated carbocycles. The van der Waals surface area contributed by atoms with Crippen LogP contribution in [-0.2, 0) is 0 Å². The highest BCUT2D eigenvalue weighted by Crippen LogP contribution is 2.27. The van der Waals surface area contributed by atoms with Crippen molar-refractivity contribution in [2.24, 2.45) is 5.73 Å². The van der Waals surface area contributed by atoms with E-state index < -0.39 is 0 Å². The average molecular weight is 188 g/mol. The molecule has 0 spiro atoms. The normalized spacial score (nSPS) is 9.83. The first-order valence-corrected chi connectivity index (χ1v) is 3.93. The first-order chi connectivity index (χ1) is 5.74. The van der Waals surface area contributed by atoms with Crippen molar-refractivity contribution < 1.29 is 9.84 Å². The molecule has 66 valence electrons. The molecule has 0 aliphatic rings. The van der Waals surface area contributed by atoms with Crippen molar-refractivity contribution >= 4 is 11.6 Å². The number of hydrogen-bond acceptors (Lipinski definition) is 3. The van der Waals surface area contributed by atoms with Crippen LogP contribution in [0.5, 0.6) is 11.5 Å². The molecule has 0 heterocycles. The number of nitrogens with two attached hydrogens (primary N) is 1. The van der Waals surface area contributed by atoms with Crippen LogP contribution in [0.25, 0.3) is 0 Å².